The normalized spacial score (nSPS) is 10.1. The fourth-order valence-corrected chi connectivity index (χ4v) is 1.79. The Labute approximate surface area is 117 Å². The van der Waals surface area contributed by atoms with Crippen LogP contribution in [-0.2, 0) is 0 Å². The molecule has 0 saturated carbocycles. The predicted molar refractivity (Wildman–Crippen MR) is 73.6 cm³/mol. The van der Waals surface area contributed by atoms with Crippen LogP contribution in [0.3, 0.4) is 0 Å². The second kappa shape index (κ2) is 5.46. The Balaban J connectivity index is 2.26. The van der Waals surface area contributed by atoms with E-state index in [1.165, 1.54) is 0 Å². The molecular weight excluding hydrogens is 354 g/mol. The van der Waals surface area contributed by atoms with E-state index in [0.29, 0.717) is 11.7 Å². The van der Waals surface area contributed by atoms with Crippen LogP contribution in [0.15, 0.2) is 24.3 Å². The number of halogens is 2. The van der Waals surface area contributed by atoms with Crippen molar-refractivity contribution >= 4 is 40.1 Å². The fraction of sp³-hybridized carbons (Fsp3) is 0.100. The summed E-state index contributed by atoms with van der Waals surface area (Å²) in [5.41, 5.74) is 0. The Morgan fingerprint density at radius 2 is 2.12 bits per heavy atom. The van der Waals surface area contributed by atoms with Crippen molar-refractivity contribution in [3.63, 3.8) is 0 Å². The summed E-state index contributed by atoms with van der Waals surface area (Å²) >= 11 is 7.94. The molecule has 1 aromatic carbocycles. The van der Waals surface area contributed by atoms with Gasteiger partial charge in [-0.1, -0.05) is 6.07 Å². The van der Waals surface area contributed by atoms with E-state index in [9.17, 15) is 0 Å². The maximum absolute atomic E-state index is 5.74. The minimum absolute atomic E-state index is 0.0879. The quantitative estimate of drug-likeness (QED) is 0.851. The van der Waals surface area contributed by atoms with E-state index in [2.05, 4.69) is 42.9 Å². The first-order valence-corrected chi connectivity index (χ1v) is 6.16. The summed E-state index contributed by atoms with van der Waals surface area (Å²) in [7, 11) is 1.70. The Morgan fingerprint density at radius 3 is 2.82 bits per heavy atom. The van der Waals surface area contributed by atoms with Gasteiger partial charge in [0.2, 0.25) is 11.2 Å². The van der Waals surface area contributed by atoms with E-state index in [1.807, 2.05) is 24.3 Å². The Bertz CT molecular complexity index is 537. The first-order valence-electron chi connectivity index (χ1n) is 4.70. The molecule has 0 fully saturated rings. The van der Waals surface area contributed by atoms with Gasteiger partial charge in [0.15, 0.2) is 0 Å². The molecule has 0 unspecified atom stereocenters. The van der Waals surface area contributed by atoms with Crippen molar-refractivity contribution in [2.24, 2.45) is 0 Å². The average Bonchev–Trinajstić information content (AvgIpc) is 2.28. The lowest BCUT2D eigenvalue weighted by molar-refractivity contribution is 0.440. The molecule has 0 aliphatic rings. The van der Waals surface area contributed by atoms with Gasteiger partial charge in [0.25, 0.3) is 0 Å². The summed E-state index contributed by atoms with van der Waals surface area (Å²) in [6.07, 6.45) is 0. The highest BCUT2D eigenvalue weighted by molar-refractivity contribution is 14.1. The fourth-order valence-electron chi connectivity index (χ4n) is 1.13. The number of rotatable bonds is 3. The Kier molecular flexibility index (Phi) is 3.95. The van der Waals surface area contributed by atoms with E-state index in [-0.39, 0.29) is 11.3 Å². The first-order chi connectivity index (χ1) is 8.17. The van der Waals surface area contributed by atoms with E-state index in [0.717, 1.165) is 3.57 Å². The number of aromatic nitrogens is 3. The summed E-state index contributed by atoms with van der Waals surface area (Å²) in [4.78, 5) is 11.8. The van der Waals surface area contributed by atoms with Crippen LogP contribution in [0.2, 0.25) is 5.28 Å². The van der Waals surface area contributed by atoms with Crippen molar-refractivity contribution in [2.45, 2.75) is 0 Å². The van der Waals surface area contributed by atoms with Crippen molar-refractivity contribution in [1.29, 1.82) is 0 Å². The van der Waals surface area contributed by atoms with Gasteiger partial charge in [0, 0.05) is 10.6 Å². The molecule has 7 heteroatoms. The molecule has 2 rings (SSSR count). The van der Waals surface area contributed by atoms with Crippen LogP contribution >= 0.6 is 34.2 Å². The monoisotopic (exact) mass is 362 g/mol. The molecule has 0 radical (unpaired) electrons. The highest BCUT2D eigenvalue weighted by Gasteiger charge is 2.06. The van der Waals surface area contributed by atoms with Gasteiger partial charge in [-0.15, -0.1) is 0 Å². The van der Waals surface area contributed by atoms with Crippen LogP contribution in [-0.4, -0.2) is 22.0 Å². The third-order valence-corrected chi connectivity index (χ3v) is 2.66. The number of hydrogen-bond acceptors (Lipinski definition) is 5. The molecule has 5 nitrogen and oxygen atoms in total. The number of benzene rings is 1. The molecule has 0 atom stereocenters. The molecule has 0 bridgehead atoms. The van der Waals surface area contributed by atoms with E-state index >= 15 is 0 Å². The minimum Gasteiger partial charge on any atom is -0.424 e. The van der Waals surface area contributed by atoms with E-state index in [1.54, 1.807) is 7.05 Å². The SMILES string of the molecule is CNc1nc(Cl)nc(Oc2cccc(I)c2)n1. The van der Waals surface area contributed by atoms with Gasteiger partial charge in [0.05, 0.1) is 0 Å². The third-order valence-electron chi connectivity index (χ3n) is 1.82. The summed E-state index contributed by atoms with van der Waals surface area (Å²) < 4.78 is 6.56. The van der Waals surface area contributed by atoms with Crippen LogP contribution < -0.4 is 10.1 Å². The molecule has 1 N–H and O–H groups in total. The molecule has 0 aliphatic carbocycles. The summed E-state index contributed by atoms with van der Waals surface area (Å²) in [6.45, 7) is 0. The van der Waals surface area contributed by atoms with E-state index in [4.69, 9.17) is 16.3 Å². The molecule has 0 spiro atoms. The number of hydrogen-bond donors (Lipinski definition) is 1. The van der Waals surface area contributed by atoms with Crippen LogP contribution in [0.5, 0.6) is 11.8 Å². The van der Waals surface area contributed by atoms with Gasteiger partial charge >= 0.3 is 6.01 Å². The zero-order chi connectivity index (χ0) is 12.3. The number of nitrogens with zero attached hydrogens (tertiary/aromatic N) is 3. The van der Waals surface area contributed by atoms with Crippen molar-refractivity contribution in [1.82, 2.24) is 15.0 Å². The molecule has 2 aromatic rings. The minimum atomic E-state index is 0.0879. The molecule has 1 heterocycles. The lowest BCUT2D eigenvalue weighted by atomic mass is 10.3. The lowest BCUT2D eigenvalue weighted by Crippen LogP contribution is -2.01. The molecule has 88 valence electrons. The van der Waals surface area contributed by atoms with Crippen LogP contribution in [0.1, 0.15) is 0 Å². The summed E-state index contributed by atoms with van der Waals surface area (Å²) in [5.74, 6) is 1.02. The highest BCUT2D eigenvalue weighted by Crippen LogP contribution is 2.21. The van der Waals surface area contributed by atoms with Gasteiger partial charge < -0.3 is 10.1 Å². The zero-order valence-corrected chi connectivity index (χ0v) is 11.7. The van der Waals surface area contributed by atoms with Crippen LogP contribution in [0.4, 0.5) is 5.95 Å². The van der Waals surface area contributed by atoms with Gasteiger partial charge in [-0.05, 0) is 52.4 Å². The van der Waals surface area contributed by atoms with E-state index < -0.39 is 0 Å². The van der Waals surface area contributed by atoms with Gasteiger partial charge in [-0.25, -0.2) is 0 Å². The van der Waals surface area contributed by atoms with Gasteiger partial charge in [-0.2, -0.15) is 15.0 Å². The standard InChI is InChI=1S/C10H8ClIN4O/c1-13-9-14-8(11)15-10(16-9)17-7-4-2-3-6(12)5-7/h2-5H,1H3,(H,13,14,15,16). The smallest absolute Gasteiger partial charge is 0.328 e. The zero-order valence-electron chi connectivity index (χ0n) is 8.82. The summed E-state index contributed by atoms with van der Waals surface area (Å²) in [5, 5.41) is 2.87. The first kappa shape index (κ1) is 12.3. The topological polar surface area (TPSA) is 59.9 Å². The number of ether oxygens (including phenoxy) is 1. The van der Waals surface area contributed by atoms with Gasteiger partial charge in [0.1, 0.15) is 5.75 Å². The van der Waals surface area contributed by atoms with Crippen molar-refractivity contribution < 1.29 is 4.74 Å². The number of anilines is 1. The average molecular weight is 363 g/mol. The predicted octanol–water partition coefficient (Wildman–Crippen LogP) is 2.96. The third kappa shape index (κ3) is 3.40. The maximum Gasteiger partial charge on any atom is 0.328 e. The van der Waals surface area contributed by atoms with Crippen molar-refractivity contribution in [2.75, 3.05) is 12.4 Å². The van der Waals surface area contributed by atoms with Crippen LogP contribution in [0.25, 0.3) is 0 Å². The number of nitrogens with one attached hydrogen (secondary N) is 1. The highest BCUT2D eigenvalue weighted by atomic mass is 127. The molecule has 1 aromatic heterocycles. The van der Waals surface area contributed by atoms with Crippen molar-refractivity contribution in [3.05, 3.63) is 33.1 Å². The Morgan fingerprint density at radius 1 is 1.29 bits per heavy atom. The summed E-state index contributed by atoms with van der Waals surface area (Å²) in [6, 6.07) is 7.71. The second-order valence-corrected chi connectivity index (χ2v) is 4.60. The molecular formula is C10H8ClIN4O. The second-order valence-electron chi connectivity index (χ2n) is 3.02. The Hall–Kier alpha value is -1.15. The van der Waals surface area contributed by atoms with Crippen LogP contribution in [0, 0.1) is 3.57 Å². The van der Waals surface area contributed by atoms with Crippen molar-refractivity contribution in [3.8, 4) is 11.8 Å². The molecule has 17 heavy (non-hydrogen) atoms. The molecule has 0 amide bonds. The lowest BCUT2D eigenvalue weighted by Gasteiger charge is -2.05. The van der Waals surface area contributed by atoms with Gasteiger partial charge in [-0.3, -0.25) is 0 Å². The molecule has 0 saturated heterocycles. The largest absolute Gasteiger partial charge is 0.424 e. The molecule has 0 aliphatic heterocycles. The maximum atomic E-state index is 5.74.